The van der Waals surface area contributed by atoms with Crippen LogP contribution in [0.15, 0.2) is 66.3 Å². The molecule has 8 nitrogen and oxygen atoms in total. The molecule has 2 aromatic heterocycles. The Morgan fingerprint density at radius 1 is 1.11 bits per heavy atom. The van der Waals surface area contributed by atoms with Crippen LogP contribution in [-0.2, 0) is 20.8 Å². The summed E-state index contributed by atoms with van der Waals surface area (Å²) in [6.45, 7) is 2.33. The van der Waals surface area contributed by atoms with Gasteiger partial charge in [-0.1, -0.05) is 37.6 Å². The first-order valence-electron chi connectivity index (χ1n) is 12.9. The number of likely N-dealkylation sites (tertiary alicyclic amines) is 2. The van der Waals surface area contributed by atoms with Crippen molar-refractivity contribution in [1.82, 2.24) is 20.1 Å². The molecule has 2 saturated heterocycles. The van der Waals surface area contributed by atoms with Gasteiger partial charge in [0, 0.05) is 29.4 Å². The molecule has 9 heteroatoms. The van der Waals surface area contributed by atoms with Gasteiger partial charge in [-0.15, -0.1) is 11.3 Å². The minimum absolute atomic E-state index is 0.000396. The molecule has 0 spiro atoms. The summed E-state index contributed by atoms with van der Waals surface area (Å²) in [5, 5.41) is 4.90. The van der Waals surface area contributed by atoms with E-state index >= 15 is 0 Å². The van der Waals surface area contributed by atoms with Gasteiger partial charge in [0.05, 0.1) is 19.0 Å². The van der Waals surface area contributed by atoms with E-state index in [9.17, 15) is 19.2 Å². The van der Waals surface area contributed by atoms with Crippen molar-refractivity contribution >= 4 is 34.8 Å². The number of hydrogen-bond donors (Lipinski definition) is 1. The maximum absolute atomic E-state index is 13.6. The van der Waals surface area contributed by atoms with Gasteiger partial charge in [0.25, 0.3) is 5.91 Å². The fourth-order valence-electron chi connectivity index (χ4n) is 5.39. The van der Waals surface area contributed by atoms with Crippen LogP contribution in [0.4, 0.5) is 0 Å². The van der Waals surface area contributed by atoms with Crippen LogP contribution in [0.25, 0.3) is 10.4 Å². The summed E-state index contributed by atoms with van der Waals surface area (Å²) in [5.41, 5.74) is 2.29. The number of ketones is 1. The van der Waals surface area contributed by atoms with Crippen molar-refractivity contribution < 1.29 is 19.2 Å². The zero-order valence-electron chi connectivity index (χ0n) is 21.2. The van der Waals surface area contributed by atoms with Crippen molar-refractivity contribution in [2.24, 2.45) is 0 Å². The van der Waals surface area contributed by atoms with E-state index in [0.717, 1.165) is 16.0 Å². The number of rotatable bonds is 8. The van der Waals surface area contributed by atoms with Gasteiger partial charge in [-0.05, 0) is 53.6 Å². The lowest BCUT2D eigenvalue weighted by molar-refractivity contribution is -0.138. The molecule has 3 aromatic rings. The Morgan fingerprint density at radius 3 is 2.61 bits per heavy atom. The van der Waals surface area contributed by atoms with E-state index in [1.54, 1.807) is 51.7 Å². The molecule has 5 rings (SSSR count). The molecule has 1 N–H and O–H groups in total. The molecule has 0 radical (unpaired) electrons. The third-order valence-corrected chi connectivity index (χ3v) is 8.16. The molecule has 2 fully saturated rings. The van der Waals surface area contributed by atoms with Crippen LogP contribution in [0.5, 0.6) is 0 Å². The van der Waals surface area contributed by atoms with Crippen molar-refractivity contribution in [2.75, 3.05) is 13.1 Å². The lowest BCUT2D eigenvalue weighted by atomic mass is 10.1. The van der Waals surface area contributed by atoms with Crippen molar-refractivity contribution in [3.05, 3.63) is 77.4 Å². The fourth-order valence-corrected chi connectivity index (χ4v) is 6.12. The highest BCUT2D eigenvalue weighted by molar-refractivity contribution is 7.13. The lowest BCUT2D eigenvalue weighted by Gasteiger charge is -2.28. The molecule has 3 atom stereocenters. The number of hydrogen-bond acceptors (Lipinski definition) is 6. The number of aromatic nitrogens is 1. The number of pyridine rings is 1. The fraction of sp³-hybridized carbons (Fsp3) is 0.345. The monoisotopic (exact) mass is 530 g/mol. The Hall–Kier alpha value is -3.85. The molecule has 1 aromatic carbocycles. The second kappa shape index (κ2) is 11.3. The van der Waals surface area contributed by atoms with Crippen LogP contribution in [0.1, 0.15) is 42.1 Å². The summed E-state index contributed by atoms with van der Waals surface area (Å²) >= 11 is 1.63. The van der Waals surface area contributed by atoms with E-state index in [1.807, 2.05) is 42.6 Å². The summed E-state index contributed by atoms with van der Waals surface area (Å²) < 4.78 is 0. The highest BCUT2D eigenvalue weighted by atomic mass is 32.1. The zero-order valence-corrected chi connectivity index (χ0v) is 22.0. The zero-order chi connectivity index (χ0) is 26.6. The number of thiophene rings is 1. The third kappa shape index (κ3) is 5.24. The summed E-state index contributed by atoms with van der Waals surface area (Å²) in [7, 11) is 0. The normalized spacial score (nSPS) is 19.3. The standard InChI is InChI=1S/C29H30N4O4S/c1-2-5-22(31-28(36)21-10-8-20(9-11-21)25-7-4-15-38-25)29(37)32-14-12-23-27(32)24(34)18-33(23)26(35)16-19-6-3-13-30-17-19/h3-4,6-11,13,15,17,22-23,27H,2,5,12,14,16,18H2,1H3,(H,31,36). The molecule has 0 bridgehead atoms. The van der Waals surface area contributed by atoms with E-state index in [-0.39, 0.29) is 42.5 Å². The molecule has 0 aliphatic carbocycles. The van der Waals surface area contributed by atoms with Crippen LogP contribution >= 0.6 is 11.3 Å². The van der Waals surface area contributed by atoms with Gasteiger partial charge in [0.15, 0.2) is 5.78 Å². The summed E-state index contributed by atoms with van der Waals surface area (Å²) in [5.74, 6) is -0.863. The first kappa shape index (κ1) is 25.8. The second-order valence-corrected chi connectivity index (χ2v) is 10.7. The van der Waals surface area contributed by atoms with Crippen molar-refractivity contribution in [3.8, 4) is 10.4 Å². The minimum Gasteiger partial charge on any atom is -0.340 e. The average Bonchev–Trinajstić information content (AvgIpc) is 3.68. The number of Topliss-reactive ketones (excluding diaryl/α,β-unsaturated/α-hetero) is 1. The Bertz CT molecular complexity index is 1310. The van der Waals surface area contributed by atoms with Gasteiger partial charge in [0.1, 0.15) is 12.1 Å². The Morgan fingerprint density at radius 2 is 1.92 bits per heavy atom. The number of carbonyl (C=O) groups excluding carboxylic acids is 4. The minimum atomic E-state index is -0.740. The molecular formula is C29H30N4O4S. The Kier molecular flexibility index (Phi) is 7.64. The average molecular weight is 531 g/mol. The topological polar surface area (TPSA) is 99.7 Å². The molecular weight excluding hydrogens is 500 g/mol. The van der Waals surface area contributed by atoms with Crippen LogP contribution in [0.2, 0.25) is 0 Å². The van der Waals surface area contributed by atoms with Gasteiger partial charge in [0.2, 0.25) is 11.8 Å². The summed E-state index contributed by atoms with van der Waals surface area (Å²) in [4.78, 5) is 61.0. The molecule has 0 saturated carbocycles. The second-order valence-electron chi connectivity index (χ2n) is 9.73. The van der Waals surface area contributed by atoms with Gasteiger partial charge >= 0.3 is 0 Å². The molecule has 3 unspecified atom stereocenters. The number of amides is 3. The number of fused-ring (bicyclic) bond motifs is 1. The van der Waals surface area contributed by atoms with Crippen LogP contribution in [0, 0.1) is 0 Å². The summed E-state index contributed by atoms with van der Waals surface area (Å²) in [6, 6.07) is 13.2. The molecule has 38 heavy (non-hydrogen) atoms. The van der Waals surface area contributed by atoms with Gasteiger partial charge < -0.3 is 15.1 Å². The van der Waals surface area contributed by atoms with Crippen molar-refractivity contribution in [1.29, 1.82) is 0 Å². The van der Waals surface area contributed by atoms with E-state index in [1.165, 1.54) is 0 Å². The number of benzene rings is 1. The SMILES string of the molecule is CCCC(NC(=O)c1ccc(-c2cccs2)cc1)C(=O)N1CCC2C1C(=O)CN2C(=O)Cc1cccnc1. The number of carbonyl (C=O) groups is 4. The molecule has 2 aliphatic rings. The number of nitrogens with one attached hydrogen (secondary N) is 1. The van der Waals surface area contributed by atoms with Gasteiger partial charge in [-0.3, -0.25) is 24.2 Å². The Balaban J connectivity index is 1.25. The highest BCUT2D eigenvalue weighted by Crippen LogP contribution is 2.31. The first-order chi connectivity index (χ1) is 18.5. The van der Waals surface area contributed by atoms with E-state index < -0.39 is 12.1 Å². The largest absolute Gasteiger partial charge is 0.340 e. The molecule has 2 aliphatic heterocycles. The van der Waals surface area contributed by atoms with Gasteiger partial charge in [-0.2, -0.15) is 0 Å². The first-order valence-corrected chi connectivity index (χ1v) is 13.8. The van der Waals surface area contributed by atoms with E-state index in [0.29, 0.717) is 31.4 Å². The predicted molar refractivity (Wildman–Crippen MR) is 144 cm³/mol. The Labute approximate surface area is 225 Å². The van der Waals surface area contributed by atoms with Crippen LogP contribution in [-0.4, -0.2) is 69.5 Å². The van der Waals surface area contributed by atoms with Crippen molar-refractivity contribution in [3.63, 3.8) is 0 Å². The predicted octanol–water partition coefficient (Wildman–Crippen LogP) is 3.33. The molecule has 196 valence electrons. The third-order valence-electron chi connectivity index (χ3n) is 7.24. The van der Waals surface area contributed by atoms with E-state index in [4.69, 9.17) is 0 Å². The maximum Gasteiger partial charge on any atom is 0.251 e. The van der Waals surface area contributed by atoms with Crippen LogP contribution < -0.4 is 5.32 Å². The number of nitrogens with zero attached hydrogens (tertiary/aromatic N) is 3. The van der Waals surface area contributed by atoms with Crippen LogP contribution in [0.3, 0.4) is 0 Å². The lowest BCUT2D eigenvalue weighted by Crippen LogP contribution is -2.52. The van der Waals surface area contributed by atoms with Gasteiger partial charge in [-0.25, -0.2) is 0 Å². The molecule has 4 heterocycles. The maximum atomic E-state index is 13.6. The quantitative estimate of drug-likeness (QED) is 0.482. The molecule has 3 amide bonds. The van der Waals surface area contributed by atoms with E-state index in [2.05, 4.69) is 10.3 Å². The summed E-state index contributed by atoms with van der Waals surface area (Å²) in [6.07, 6.45) is 5.15. The highest BCUT2D eigenvalue weighted by Gasteiger charge is 2.52. The van der Waals surface area contributed by atoms with Crippen molar-refractivity contribution in [2.45, 2.75) is 50.7 Å². The smallest absolute Gasteiger partial charge is 0.251 e.